The largest absolute Gasteiger partial charge is 0.444 e. The van der Waals surface area contributed by atoms with E-state index in [-0.39, 0.29) is 5.91 Å². The third-order valence-corrected chi connectivity index (χ3v) is 5.61. The first-order valence-electron chi connectivity index (χ1n) is 11.6. The second-order valence-electron chi connectivity index (χ2n) is 8.20. The molecule has 1 aliphatic rings. The first kappa shape index (κ1) is 22.6. The van der Waals surface area contributed by atoms with Crippen molar-refractivity contribution in [2.45, 2.75) is 39.7 Å². The van der Waals surface area contributed by atoms with Crippen molar-refractivity contribution in [3.63, 3.8) is 0 Å². The molecule has 0 saturated carbocycles. The zero-order valence-electron chi connectivity index (χ0n) is 19.3. The van der Waals surface area contributed by atoms with Gasteiger partial charge in [0.1, 0.15) is 6.26 Å². The van der Waals surface area contributed by atoms with Crippen LogP contribution < -0.4 is 15.5 Å². The molecule has 0 bridgehead atoms. The predicted molar refractivity (Wildman–Crippen MR) is 131 cm³/mol. The molecular formula is C26H31N5O2. The summed E-state index contributed by atoms with van der Waals surface area (Å²) in [6.07, 6.45) is 4.03. The van der Waals surface area contributed by atoms with Crippen molar-refractivity contribution >= 4 is 17.6 Å². The van der Waals surface area contributed by atoms with E-state index >= 15 is 0 Å². The van der Waals surface area contributed by atoms with Crippen LogP contribution in [0.25, 0.3) is 11.5 Å². The summed E-state index contributed by atoms with van der Waals surface area (Å²) >= 11 is 0. The third-order valence-electron chi connectivity index (χ3n) is 5.61. The Morgan fingerprint density at radius 2 is 1.91 bits per heavy atom. The number of nitrogens with one attached hydrogen (secondary N) is 2. The van der Waals surface area contributed by atoms with Gasteiger partial charge in [0.25, 0.3) is 0 Å². The molecule has 2 heterocycles. The van der Waals surface area contributed by atoms with Crippen LogP contribution in [-0.2, 0) is 17.8 Å². The Morgan fingerprint density at radius 3 is 2.61 bits per heavy atom. The molecule has 7 nitrogen and oxygen atoms in total. The molecule has 0 aliphatic carbocycles. The van der Waals surface area contributed by atoms with Crippen LogP contribution in [0.4, 0.5) is 5.69 Å². The SMILES string of the molecule is CCNC(=NCc1ccc(N2CCCC2=O)cc1)NCCc1coc(-c2ccc(C)cc2)n1. The summed E-state index contributed by atoms with van der Waals surface area (Å²) in [4.78, 5) is 23.1. The van der Waals surface area contributed by atoms with Gasteiger partial charge >= 0.3 is 0 Å². The van der Waals surface area contributed by atoms with Crippen molar-refractivity contribution in [3.8, 4) is 11.5 Å². The second kappa shape index (κ2) is 10.8. The summed E-state index contributed by atoms with van der Waals surface area (Å²) in [7, 11) is 0. The Morgan fingerprint density at radius 1 is 1.12 bits per heavy atom. The van der Waals surface area contributed by atoms with Gasteiger partial charge in [-0.15, -0.1) is 0 Å². The first-order valence-corrected chi connectivity index (χ1v) is 11.6. The maximum absolute atomic E-state index is 11.9. The number of carbonyl (C=O) groups is 1. The third kappa shape index (κ3) is 6.00. The Balaban J connectivity index is 1.29. The normalized spacial score (nSPS) is 14.1. The minimum atomic E-state index is 0.206. The van der Waals surface area contributed by atoms with Crippen LogP contribution in [0.1, 0.15) is 36.6 Å². The molecule has 0 atom stereocenters. The number of guanidine groups is 1. The lowest BCUT2D eigenvalue weighted by molar-refractivity contribution is -0.117. The van der Waals surface area contributed by atoms with E-state index in [2.05, 4.69) is 39.7 Å². The number of hydrogen-bond donors (Lipinski definition) is 2. The number of aliphatic imine (C=N–C) groups is 1. The Kier molecular flexibility index (Phi) is 7.40. The maximum Gasteiger partial charge on any atom is 0.227 e. The number of carbonyl (C=O) groups excluding carboxylic acids is 1. The van der Waals surface area contributed by atoms with E-state index in [0.29, 0.717) is 25.4 Å². The molecule has 1 saturated heterocycles. The number of hydrogen-bond acceptors (Lipinski definition) is 4. The van der Waals surface area contributed by atoms with Crippen molar-refractivity contribution in [3.05, 3.63) is 71.6 Å². The number of aromatic nitrogens is 1. The zero-order valence-corrected chi connectivity index (χ0v) is 19.3. The van der Waals surface area contributed by atoms with E-state index < -0.39 is 0 Å². The number of amides is 1. The average molecular weight is 446 g/mol. The fourth-order valence-electron chi connectivity index (χ4n) is 3.77. The van der Waals surface area contributed by atoms with Gasteiger partial charge in [-0.25, -0.2) is 9.98 Å². The van der Waals surface area contributed by atoms with Crippen molar-refractivity contribution in [1.29, 1.82) is 0 Å². The summed E-state index contributed by atoms with van der Waals surface area (Å²) < 4.78 is 5.64. The maximum atomic E-state index is 11.9. The van der Waals surface area contributed by atoms with Crippen LogP contribution in [0.2, 0.25) is 0 Å². The van der Waals surface area contributed by atoms with E-state index in [1.807, 2.05) is 48.2 Å². The van der Waals surface area contributed by atoms with Gasteiger partial charge in [0.05, 0.1) is 12.2 Å². The summed E-state index contributed by atoms with van der Waals surface area (Å²) in [5.74, 6) is 1.61. The van der Waals surface area contributed by atoms with Gasteiger partial charge in [-0.2, -0.15) is 0 Å². The second-order valence-corrected chi connectivity index (χ2v) is 8.20. The molecular weight excluding hydrogens is 414 g/mol. The van der Waals surface area contributed by atoms with Crippen molar-refractivity contribution in [2.75, 3.05) is 24.5 Å². The minimum Gasteiger partial charge on any atom is -0.444 e. The monoisotopic (exact) mass is 445 g/mol. The molecule has 1 aliphatic heterocycles. The Hall–Kier alpha value is -3.61. The predicted octanol–water partition coefficient (Wildman–Crippen LogP) is 4.07. The number of aryl methyl sites for hydroxylation is 1. The van der Waals surface area contributed by atoms with Gasteiger partial charge in [0, 0.05) is 43.7 Å². The lowest BCUT2D eigenvalue weighted by atomic mass is 10.1. The molecule has 0 unspecified atom stereocenters. The van der Waals surface area contributed by atoms with E-state index in [0.717, 1.165) is 54.4 Å². The summed E-state index contributed by atoms with van der Waals surface area (Å²) in [5, 5.41) is 6.64. The molecule has 0 spiro atoms. The molecule has 33 heavy (non-hydrogen) atoms. The smallest absolute Gasteiger partial charge is 0.227 e. The van der Waals surface area contributed by atoms with E-state index in [9.17, 15) is 4.79 Å². The van der Waals surface area contributed by atoms with Gasteiger partial charge in [-0.3, -0.25) is 4.79 Å². The highest BCUT2D eigenvalue weighted by Gasteiger charge is 2.21. The molecule has 1 aromatic heterocycles. The number of benzene rings is 2. The minimum absolute atomic E-state index is 0.206. The molecule has 0 radical (unpaired) electrons. The van der Waals surface area contributed by atoms with Crippen LogP contribution >= 0.6 is 0 Å². The van der Waals surface area contributed by atoms with E-state index in [4.69, 9.17) is 4.42 Å². The van der Waals surface area contributed by atoms with Crippen molar-refractivity contribution in [2.24, 2.45) is 4.99 Å². The van der Waals surface area contributed by atoms with Gasteiger partial charge < -0.3 is 20.0 Å². The van der Waals surface area contributed by atoms with Gasteiger partial charge in [-0.05, 0) is 50.1 Å². The molecule has 2 N–H and O–H groups in total. The standard InChI is InChI=1S/C26H31N5O2/c1-3-27-26(29-17-20-8-12-23(13-9-20)31-16-4-5-24(31)32)28-15-14-22-18-33-25(30-22)21-10-6-19(2)7-11-21/h6-13,18H,3-5,14-17H2,1-2H3,(H2,27,28,29). The highest BCUT2D eigenvalue weighted by Crippen LogP contribution is 2.22. The molecule has 4 rings (SSSR count). The summed E-state index contributed by atoms with van der Waals surface area (Å²) in [6.45, 7) is 6.95. The van der Waals surface area contributed by atoms with Gasteiger partial charge in [0.2, 0.25) is 11.8 Å². The molecule has 172 valence electrons. The van der Waals surface area contributed by atoms with Crippen LogP contribution in [0.15, 0.2) is 64.2 Å². The fourth-order valence-corrected chi connectivity index (χ4v) is 3.77. The molecule has 1 fully saturated rings. The molecule has 3 aromatic rings. The van der Waals surface area contributed by atoms with Crippen molar-refractivity contribution < 1.29 is 9.21 Å². The average Bonchev–Trinajstić information content (AvgIpc) is 3.47. The first-order chi connectivity index (χ1) is 16.1. The molecule has 7 heteroatoms. The number of rotatable bonds is 8. The fraction of sp³-hybridized carbons (Fsp3) is 0.346. The molecule has 2 aromatic carbocycles. The zero-order chi connectivity index (χ0) is 23.0. The summed E-state index contributed by atoms with van der Waals surface area (Å²) in [6, 6.07) is 16.2. The summed E-state index contributed by atoms with van der Waals surface area (Å²) in [5.41, 5.74) is 5.16. The van der Waals surface area contributed by atoms with Crippen LogP contribution in [0.5, 0.6) is 0 Å². The molecule has 1 amide bonds. The van der Waals surface area contributed by atoms with Crippen LogP contribution in [-0.4, -0.2) is 36.5 Å². The topological polar surface area (TPSA) is 82.8 Å². The number of oxazole rings is 1. The highest BCUT2D eigenvalue weighted by atomic mass is 16.3. The van der Waals surface area contributed by atoms with Gasteiger partial charge in [0.15, 0.2) is 5.96 Å². The number of anilines is 1. The quantitative estimate of drug-likeness (QED) is 0.403. The van der Waals surface area contributed by atoms with E-state index in [1.165, 1.54) is 5.56 Å². The Bertz CT molecular complexity index is 1090. The van der Waals surface area contributed by atoms with Crippen LogP contribution in [0.3, 0.4) is 0 Å². The van der Waals surface area contributed by atoms with E-state index in [1.54, 1.807) is 6.26 Å². The lowest BCUT2D eigenvalue weighted by Gasteiger charge is -2.15. The number of nitrogens with zero attached hydrogens (tertiary/aromatic N) is 3. The van der Waals surface area contributed by atoms with Crippen molar-refractivity contribution in [1.82, 2.24) is 15.6 Å². The Labute approximate surface area is 194 Å². The van der Waals surface area contributed by atoms with Gasteiger partial charge in [-0.1, -0.05) is 29.8 Å². The lowest BCUT2D eigenvalue weighted by Crippen LogP contribution is -2.38. The highest BCUT2D eigenvalue weighted by molar-refractivity contribution is 5.95. The van der Waals surface area contributed by atoms with Crippen LogP contribution in [0, 0.1) is 6.92 Å².